The Balaban J connectivity index is 1.39. The zero-order valence-electron chi connectivity index (χ0n) is 21.6. The summed E-state index contributed by atoms with van der Waals surface area (Å²) in [5.41, 5.74) is 3.95. The number of aromatic nitrogens is 3. The summed E-state index contributed by atoms with van der Waals surface area (Å²) >= 11 is 0. The molecule has 2 aromatic carbocycles. The molecule has 1 N–H and O–H groups in total. The van der Waals surface area contributed by atoms with Gasteiger partial charge in [0.25, 0.3) is 0 Å². The summed E-state index contributed by atoms with van der Waals surface area (Å²) in [7, 11) is 0. The van der Waals surface area contributed by atoms with Gasteiger partial charge in [0.15, 0.2) is 5.65 Å². The van der Waals surface area contributed by atoms with Crippen LogP contribution in [0.5, 0.6) is 0 Å². The molecule has 3 aliphatic heterocycles. The Bertz CT molecular complexity index is 1610. The van der Waals surface area contributed by atoms with Gasteiger partial charge in [-0.05, 0) is 74.7 Å². The molecule has 3 saturated heterocycles. The highest BCUT2D eigenvalue weighted by atomic mass is 19.1. The molecule has 0 aliphatic carbocycles. The van der Waals surface area contributed by atoms with Gasteiger partial charge in [-0.1, -0.05) is 0 Å². The second-order valence-corrected chi connectivity index (χ2v) is 11.0. The fourth-order valence-electron chi connectivity index (χ4n) is 6.52. The molecule has 1 atom stereocenters. The first-order valence-electron chi connectivity index (χ1n) is 13.6. The average molecular weight is 526 g/mol. The van der Waals surface area contributed by atoms with Gasteiger partial charge in [-0.15, -0.1) is 0 Å². The van der Waals surface area contributed by atoms with Gasteiger partial charge in [0.2, 0.25) is 0 Å². The van der Waals surface area contributed by atoms with Crippen LogP contribution in [0, 0.1) is 28.4 Å². The number of fused-ring (bicyclic) bond motifs is 1. The predicted octanol–water partition coefficient (Wildman–Crippen LogP) is 5.03. The van der Waals surface area contributed by atoms with Crippen LogP contribution in [0.1, 0.15) is 31.2 Å². The van der Waals surface area contributed by atoms with Crippen molar-refractivity contribution < 1.29 is 8.78 Å². The molecule has 9 heteroatoms. The number of hydrogen-bond acceptors (Lipinski definition) is 6. The number of imidazole rings is 1. The van der Waals surface area contributed by atoms with E-state index in [1.807, 2.05) is 18.2 Å². The van der Waals surface area contributed by atoms with E-state index in [-0.39, 0.29) is 11.0 Å². The minimum Gasteiger partial charge on any atom is -0.371 e. The van der Waals surface area contributed by atoms with E-state index in [0.717, 1.165) is 76.3 Å². The number of benzene rings is 2. The maximum Gasteiger partial charge on any atom is 0.167 e. The molecule has 1 unspecified atom stereocenters. The van der Waals surface area contributed by atoms with Crippen LogP contribution in [-0.2, 0) is 0 Å². The fraction of sp³-hybridized carbons (Fsp3) is 0.367. The number of rotatable bonds is 4. The summed E-state index contributed by atoms with van der Waals surface area (Å²) in [4.78, 5) is 14.2. The molecule has 0 bridgehead atoms. The molecule has 0 radical (unpaired) electrons. The number of nitriles is 1. The summed E-state index contributed by atoms with van der Waals surface area (Å²) in [6.45, 7) is 5.71. The van der Waals surface area contributed by atoms with E-state index in [1.165, 1.54) is 12.1 Å². The zero-order valence-corrected chi connectivity index (χ0v) is 21.6. The second-order valence-electron chi connectivity index (χ2n) is 11.0. The van der Waals surface area contributed by atoms with Crippen LogP contribution >= 0.6 is 0 Å². The van der Waals surface area contributed by atoms with Crippen molar-refractivity contribution in [3.8, 4) is 23.1 Å². The van der Waals surface area contributed by atoms with E-state index < -0.39 is 11.6 Å². The van der Waals surface area contributed by atoms with E-state index >= 15 is 4.39 Å². The van der Waals surface area contributed by atoms with Gasteiger partial charge in [0.1, 0.15) is 29.0 Å². The van der Waals surface area contributed by atoms with Gasteiger partial charge in [-0.2, -0.15) is 5.26 Å². The first-order valence-corrected chi connectivity index (χ1v) is 13.6. The molecule has 3 fully saturated rings. The number of halogens is 2. The highest BCUT2D eigenvalue weighted by Gasteiger charge is 2.41. The van der Waals surface area contributed by atoms with Gasteiger partial charge in [-0.25, -0.2) is 18.7 Å². The van der Waals surface area contributed by atoms with Gasteiger partial charge >= 0.3 is 0 Å². The Labute approximate surface area is 225 Å². The topological polar surface area (TPSA) is 73.0 Å². The average Bonchev–Trinajstić information content (AvgIpc) is 3.76. The molecule has 7 nitrogen and oxygen atoms in total. The Hall–Kier alpha value is -4.03. The smallest absolute Gasteiger partial charge is 0.167 e. The lowest BCUT2D eigenvalue weighted by Crippen LogP contribution is -2.29. The van der Waals surface area contributed by atoms with Crippen LogP contribution in [-0.4, -0.2) is 53.8 Å². The maximum absolute atomic E-state index is 15.9. The lowest BCUT2D eigenvalue weighted by molar-refractivity contribution is 0.369. The first-order chi connectivity index (χ1) is 19.0. The molecule has 0 saturated carbocycles. The Kier molecular flexibility index (Phi) is 5.74. The van der Waals surface area contributed by atoms with Crippen LogP contribution in [0.3, 0.4) is 0 Å². The lowest BCUT2D eigenvalue weighted by Gasteiger charge is -2.24. The van der Waals surface area contributed by atoms with Gasteiger partial charge < -0.3 is 15.1 Å². The van der Waals surface area contributed by atoms with E-state index in [1.54, 1.807) is 29.0 Å². The van der Waals surface area contributed by atoms with Crippen LogP contribution < -0.4 is 15.1 Å². The number of pyridine rings is 1. The molecule has 1 spiro atoms. The molecule has 5 heterocycles. The molecule has 198 valence electrons. The van der Waals surface area contributed by atoms with Crippen molar-refractivity contribution in [2.75, 3.05) is 49.1 Å². The number of hydrogen-bond donors (Lipinski definition) is 1. The van der Waals surface area contributed by atoms with Crippen molar-refractivity contribution in [3.05, 3.63) is 65.9 Å². The Morgan fingerprint density at radius 1 is 0.923 bits per heavy atom. The third kappa shape index (κ3) is 4.02. The summed E-state index contributed by atoms with van der Waals surface area (Å²) in [5, 5.41) is 12.7. The van der Waals surface area contributed by atoms with Crippen LogP contribution in [0.25, 0.3) is 28.2 Å². The molecule has 7 rings (SSSR count). The van der Waals surface area contributed by atoms with Crippen molar-refractivity contribution in [1.82, 2.24) is 19.9 Å². The molecule has 4 aromatic rings. The predicted molar refractivity (Wildman–Crippen MR) is 147 cm³/mol. The zero-order chi connectivity index (χ0) is 26.6. The van der Waals surface area contributed by atoms with Gasteiger partial charge in [0.05, 0.1) is 16.9 Å². The van der Waals surface area contributed by atoms with E-state index in [9.17, 15) is 9.65 Å². The largest absolute Gasteiger partial charge is 0.371 e. The third-order valence-electron chi connectivity index (χ3n) is 8.63. The van der Waals surface area contributed by atoms with Crippen molar-refractivity contribution in [2.45, 2.75) is 25.7 Å². The quantitative estimate of drug-likeness (QED) is 0.403. The van der Waals surface area contributed by atoms with E-state index in [2.05, 4.69) is 20.1 Å². The maximum atomic E-state index is 15.9. The van der Waals surface area contributed by atoms with Gasteiger partial charge in [0, 0.05) is 55.6 Å². The molecule has 0 amide bonds. The van der Waals surface area contributed by atoms with Crippen molar-refractivity contribution in [2.24, 2.45) is 5.41 Å². The normalized spacial score (nSPS) is 20.9. The fourth-order valence-corrected chi connectivity index (χ4v) is 6.52. The molecular formula is C30H29F2N7. The van der Waals surface area contributed by atoms with Crippen molar-refractivity contribution in [1.29, 1.82) is 5.26 Å². The Morgan fingerprint density at radius 2 is 1.79 bits per heavy atom. The van der Waals surface area contributed by atoms with Crippen molar-refractivity contribution >= 4 is 22.5 Å². The summed E-state index contributed by atoms with van der Waals surface area (Å²) in [6, 6.07) is 13.5. The highest BCUT2D eigenvalue weighted by Crippen LogP contribution is 2.41. The number of nitrogens with zero attached hydrogens (tertiary/aromatic N) is 6. The Morgan fingerprint density at radius 3 is 2.54 bits per heavy atom. The second kappa shape index (κ2) is 9.31. The summed E-state index contributed by atoms with van der Waals surface area (Å²) in [6.07, 6.45) is 6.20. The van der Waals surface area contributed by atoms with E-state index in [0.29, 0.717) is 28.2 Å². The molecule has 3 aliphatic rings. The lowest BCUT2D eigenvalue weighted by atomic mass is 9.86. The standard InChI is InChI=1S/C30H29F2N7/c31-23-15-20(3-4-21(23)17-33)28-36-27-26(38-14-9-30(19-38)8-11-34-18-30)7-10-35-29(27)39(28)25-6-5-22(16-24(25)32)37-12-1-2-13-37/h3-7,10,15-16,34H,1-2,8-9,11-14,18-19H2. The SMILES string of the molecule is N#Cc1ccc(-c2nc3c(N4CCC5(CCNC5)C4)ccnc3n2-c2ccc(N3CCCC3)cc2F)cc1F. The van der Waals surface area contributed by atoms with Crippen LogP contribution in [0.4, 0.5) is 20.2 Å². The minimum atomic E-state index is -0.637. The molecule has 39 heavy (non-hydrogen) atoms. The monoisotopic (exact) mass is 525 g/mol. The third-order valence-corrected chi connectivity index (χ3v) is 8.63. The highest BCUT2D eigenvalue weighted by molar-refractivity contribution is 5.91. The number of nitrogens with one attached hydrogen (secondary N) is 1. The van der Waals surface area contributed by atoms with Crippen molar-refractivity contribution in [3.63, 3.8) is 0 Å². The van der Waals surface area contributed by atoms with Crippen LogP contribution in [0.2, 0.25) is 0 Å². The van der Waals surface area contributed by atoms with Crippen LogP contribution in [0.15, 0.2) is 48.7 Å². The molecule has 2 aromatic heterocycles. The van der Waals surface area contributed by atoms with E-state index in [4.69, 9.17) is 4.98 Å². The first kappa shape index (κ1) is 24.0. The molecular weight excluding hydrogens is 496 g/mol. The minimum absolute atomic E-state index is 0.0473. The van der Waals surface area contributed by atoms with Gasteiger partial charge in [-0.3, -0.25) is 4.57 Å². The number of anilines is 2. The summed E-state index contributed by atoms with van der Waals surface area (Å²) in [5.74, 6) is -0.641. The summed E-state index contributed by atoms with van der Waals surface area (Å²) < 4.78 is 32.3.